The van der Waals surface area contributed by atoms with Crippen LogP contribution in [0, 0.1) is 0 Å². The van der Waals surface area contributed by atoms with E-state index in [0.29, 0.717) is 23.8 Å². The third-order valence-corrected chi connectivity index (χ3v) is 6.16. The molecule has 2 aromatic carbocycles. The van der Waals surface area contributed by atoms with Crippen molar-refractivity contribution in [3.05, 3.63) is 66.2 Å². The van der Waals surface area contributed by atoms with E-state index in [9.17, 15) is 8.42 Å². The average molecular weight is 515 g/mol. The van der Waals surface area contributed by atoms with Gasteiger partial charge in [-0.25, -0.2) is 8.42 Å². The number of hydrogen-bond acceptors (Lipinski definition) is 3. The van der Waals surface area contributed by atoms with Gasteiger partial charge in [-0.2, -0.15) is 0 Å². The van der Waals surface area contributed by atoms with Crippen molar-refractivity contribution in [3.63, 3.8) is 0 Å². The highest BCUT2D eigenvalue weighted by Gasteiger charge is 2.21. The minimum absolute atomic E-state index is 0. The van der Waals surface area contributed by atoms with Crippen molar-refractivity contribution in [1.82, 2.24) is 10.6 Å². The summed E-state index contributed by atoms with van der Waals surface area (Å²) in [5.74, 6) is 0.654. The Kier molecular flexibility index (Phi) is 10.5. The molecule has 0 heterocycles. The molecule has 154 valence electrons. The van der Waals surface area contributed by atoms with Crippen LogP contribution in [0.4, 0.5) is 0 Å². The molecule has 0 amide bonds. The fraction of sp³-hybridized carbons (Fsp3) is 0.381. The number of hydrogen-bond donors (Lipinski definition) is 2. The summed E-state index contributed by atoms with van der Waals surface area (Å²) in [7, 11) is -3.36. The molecule has 0 radical (unpaired) electrons. The molecule has 0 fully saturated rings. The Balaban J connectivity index is 0.00000392. The van der Waals surface area contributed by atoms with Crippen LogP contribution in [0.3, 0.4) is 0 Å². The summed E-state index contributed by atoms with van der Waals surface area (Å²) in [6.45, 7) is 6.60. The summed E-state index contributed by atoms with van der Waals surface area (Å²) in [4.78, 5) is 4.83. The Hall–Kier alpha value is -1.61. The summed E-state index contributed by atoms with van der Waals surface area (Å²) in [6, 6.07) is 18.5. The van der Waals surface area contributed by atoms with E-state index in [1.54, 1.807) is 24.3 Å². The van der Waals surface area contributed by atoms with Crippen LogP contribution in [0.25, 0.3) is 0 Å². The summed E-state index contributed by atoms with van der Waals surface area (Å²) < 4.78 is 25.4. The highest BCUT2D eigenvalue weighted by atomic mass is 127. The molecule has 0 saturated heterocycles. The van der Waals surface area contributed by atoms with Crippen molar-refractivity contribution in [2.24, 2.45) is 4.99 Å². The Morgan fingerprint density at radius 2 is 1.54 bits per heavy atom. The molecule has 28 heavy (non-hydrogen) atoms. The lowest BCUT2D eigenvalue weighted by Crippen LogP contribution is -2.46. The number of guanidine groups is 1. The monoisotopic (exact) mass is 515 g/mol. The molecule has 2 aromatic rings. The summed E-state index contributed by atoms with van der Waals surface area (Å²) in [5, 5.41) is 6.66. The van der Waals surface area contributed by atoms with E-state index in [-0.39, 0.29) is 41.8 Å². The van der Waals surface area contributed by atoms with Gasteiger partial charge in [0.05, 0.1) is 16.7 Å². The van der Waals surface area contributed by atoms with Crippen molar-refractivity contribution in [1.29, 1.82) is 0 Å². The number of aliphatic imine (C=N–C) groups is 1. The molecule has 0 aromatic heterocycles. The number of nitrogens with one attached hydrogen (secondary N) is 2. The van der Waals surface area contributed by atoms with Gasteiger partial charge in [-0.15, -0.1) is 24.0 Å². The molecule has 5 nitrogen and oxygen atoms in total. The van der Waals surface area contributed by atoms with Crippen molar-refractivity contribution in [2.75, 3.05) is 12.3 Å². The van der Waals surface area contributed by atoms with E-state index in [1.807, 2.05) is 38.1 Å². The van der Waals surface area contributed by atoms with Crippen LogP contribution in [0.5, 0.6) is 0 Å². The Morgan fingerprint density at radius 1 is 0.964 bits per heavy atom. The van der Waals surface area contributed by atoms with E-state index >= 15 is 0 Å². The van der Waals surface area contributed by atoms with E-state index in [0.717, 1.165) is 5.56 Å². The van der Waals surface area contributed by atoms with Crippen LogP contribution >= 0.6 is 24.0 Å². The lowest BCUT2D eigenvalue weighted by atomic mass is 10.1. The molecular formula is C21H30IN3O2S. The number of halogens is 1. The van der Waals surface area contributed by atoms with Crippen molar-refractivity contribution < 1.29 is 8.42 Å². The number of nitrogens with zero attached hydrogens (tertiary/aromatic N) is 1. The van der Waals surface area contributed by atoms with Crippen LogP contribution in [0.1, 0.15) is 38.8 Å². The predicted molar refractivity (Wildman–Crippen MR) is 127 cm³/mol. The van der Waals surface area contributed by atoms with Crippen LogP contribution in [-0.2, 0) is 9.84 Å². The van der Waals surface area contributed by atoms with E-state index in [4.69, 9.17) is 0 Å². The smallest absolute Gasteiger partial charge is 0.191 e. The summed E-state index contributed by atoms with van der Waals surface area (Å²) >= 11 is 0. The zero-order chi connectivity index (χ0) is 19.7. The molecule has 2 atom stereocenters. The first-order valence-corrected chi connectivity index (χ1v) is 11.0. The molecule has 2 unspecified atom stereocenters. The molecule has 0 aliphatic carbocycles. The van der Waals surface area contributed by atoms with Gasteiger partial charge in [0.1, 0.15) is 0 Å². The van der Waals surface area contributed by atoms with Gasteiger partial charge in [-0.05, 0) is 38.0 Å². The minimum Gasteiger partial charge on any atom is -0.353 e. The largest absolute Gasteiger partial charge is 0.353 e. The number of benzene rings is 2. The SMILES string of the molecule is CCN=C(NC(CC)CS(=O)(=O)c1ccccc1)NC(C)c1ccccc1.I. The summed E-state index contributed by atoms with van der Waals surface area (Å²) in [6.07, 6.45) is 0.677. The van der Waals surface area contributed by atoms with Gasteiger partial charge >= 0.3 is 0 Å². The molecule has 0 aliphatic heterocycles. The third-order valence-electron chi connectivity index (χ3n) is 4.33. The average Bonchev–Trinajstić information content (AvgIpc) is 2.68. The molecule has 2 rings (SSSR count). The second-order valence-corrected chi connectivity index (χ2v) is 8.48. The van der Waals surface area contributed by atoms with Crippen LogP contribution in [0.2, 0.25) is 0 Å². The van der Waals surface area contributed by atoms with Crippen molar-refractivity contribution in [3.8, 4) is 0 Å². The molecule has 0 saturated carbocycles. The zero-order valence-electron chi connectivity index (χ0n) is 16.6. The molecule has 0 bridgehead atoms. The fourth-order valence-electron chi connectivity index (χ4n) is 2.77. The van der Waals surface area contributed by atoms with Gasteiger partial charge in [0.15, 0.2) is 15.8 Å². The standard InChI is InChI=1S/C21H29N3O2S.HI/c1-4-19(16-27(25,26)20-14-10-7-11-15-20)24-21(22-5-2)23-17(3)18-12-8-6-9-13-18;/h6-15,17,19H,4-5,16H2,1-3H3,(H2,22,23,24);1H. The van der Waals surface area contributed by atoms with E-state index in [2.05, 4.69) is 34.7 Å². The highest BCUT2D eigenvalue weighted by molar-refractivity contribution is 14.0. The van der Waals surface area contributed by atoms with Crippen LogP contribution in [-0.4, -0.2) is 32.7 Å². The maximum atomic E-state index is 12.7. The van der Waals surface area contributed by atoms with E-state index in [1.165, 1.54) is 0 Å². The first kappa shape index (κ1) is 24.4. The zero-order valence-corrected chi connectivity index (χ0v) is 19.8. The normalized spacial score (nSPS) is 13.9. The van der Waals surface area contributed by atoms with Gasteiger partial charge in [-0.1, -0.05) is 55.5 Å². The maximum absolute atomic E-state index is 12.7. The first-order chi connectivity index (χ1) is 13.0. The number of rotatable bonds is 8. The van der Waals surface area contributed by atoms with Crippen LogP contribution in [0.15, 0.2) is 70.6 Å². The second-order valence-electron chi connectivity index (χ2n) is 6.44. The fourth-order valence-corrected chi connectivity index (χ4v) is 4.38. The molecule has 2 N–H and O–H groups in total. The second kappa shape index (κ2) is 12.1. The maximum Gasteiger partial charge on any atom is 0.191 e. The Labute approximate surface area is 186 Å². The number of sulfone groups is 1. The Morgan fingerprint density at radius 3 is 2.07 bits per heavy atom. The highest BCUT2D eigenvalue weighted by Crippen LogP contribution is 2.13. The lowest BCUT2D eigenvalue weighted by Gasteiger charge is -2.23. The topological polar surface area (TPSA) is 70.6 Å². The summed E-state index contributed by atoms with van der Waals surface area (Å²) in [5.41, 5.74) is 1.15. The van der Waals surface area contributed by atoms with Crippen molar-refractivity contribution >= 4 is 39.8 Å². The van der Waals surface area contributed by atoms with Crippen LogP contribution < -0.4 is 10.6 Å². The van der Waals surface area contributed by atoms with Gasteiger partial charge in [0, 0.05) is 12.6 Å². The molecule has 0 spiro atoms. The van der Waals surface area contributed by atoms with E-state index < -0.39 is 9.84 Å². The van der Waals surface area contributed by atoms with Gasteiger partial charge in [0.2, 0.25) is 0 Å². The first-order valence-electron chi connectivity index (χ1n) is 9.36. The van der Waals surface area contributed by atoms with Gasteiger partial charge in [0.25, 0.3) is 0 Å². The minimum atomic E-state index is -3.36. The predicted octanol–water partition coefficient (Wildman–Crippen LogP) is 4.17. The lowest BCUT2D eigenvalue weighted by molar-refractivity contribution is 0.564. The third kappa shape index (κ3) is 7.43. The van der Waals surface area contributed by atoms with Gasteiger partial charge < -0.3 is 10.6 Å². The van der Waals surface area contributed by atoms with Crippen molar-refractivity contribution in [2.45, 2.75) is 44.2 Å². The quantitative estimate of drug-likeness (QED) is 0.315. The Bertz CT molecular complexity index is 827. The van der Waals surface area contributed by atoms with Gasteiger partial charge in [-0.3, -0.25) is 4.99 Å². The molecule has 0 aliphatic rings. The molecule has 7 heteroatoms. The molecular weight excluding hydrogens is 485 g/mol.